The fourth-order valence-electron chi connectivity index (χ4n) is 2.26. The first kappa shape index (κ1) is 17.1. The summed E-state index contributed by atoms with van der Waals surface area (Å²) in [5.74, 6) is -0.712. The first-order chi connectivity index (χ1) is 10.3. The Morgan fingerprint density at radius 3 is 2.64 bits per heavy atom. The highest BCUT2D eigenvalue weighted by Crippen LogP contribution is 2.25. The Hall–Kier alpha value is -1.31. The molecule has 2 atom stereocenters. The molecule has 0 radical (unpaired) electrons. The Morgan fingerprint density at radius 2 is 2.14 bits per heavy atom. The van der Waals surface area contributed by atoms with Gasteiger partial charge in [0, 0.05) is 23.9 Å². The molecule has 0 aliphatic heterocycles. The average Bonchev–Trinajstić information content (AvgIpc) is 2.96. The second-order valence-electron chi connectivity index (χ2n) is 5.18. The second-order valence-corrected chi connectivity index (χ2v) is 8.09. The van der Waals surface area contributed by atoms with Gasteiger partial charge in [0.25, 0.3) is 0 Å². The molecule has 7 heteroatoms. The predicted octanol–water partition coefficient (Wildman–Crippen LogP) is 3.49. The standard InChI is InChI=1S/C15H19FN2O2S2/c1-4-13(15-17-7-8-21-15)18-10(2)11-5-6-14(12(16)9-11)22(3,19)20/h5-10,13,18H,4H2,1-3H3/t10-,13+/m0/s1. The number of hydrogen-bond acceptors (Lipinski definition) is 5. The molecule has 0 unspecified atom stereocenters. The fourth-order valence-corrected chi connectivity index (χ4v) is 3.77. The van der Waals surface area contributed by atoms with Crippen LogP contribution in [-0.4, -0.2) is 19.7 Å². The molecule has 1 N–H and O–H groups in total. The zero-order chi connectivity index (χ0) is 16.3. The van der Waals surface area contributed by atoms with E-state index >= 15 is 0 Å². The van der Waals surface area contributed by atoms with E-state index < -0.39 is 15.7 Å². The van der Waals surface area contributed by atoms with Crippen molar-refractivity contribution >= 4 is 21.2 Å². The molecule has 1 heterocycles. The molecule has 120 valence electrons. The minimum absolute atomic E-state index is 0.0904. The predicted molar refractivity (Wildman–Crippen MR) is 86.2 cm³/mol. The van der Waals surface area contributed by atoms with Crippen molar-refractivity contribution in [3.63, 3.8) is 0 Å². The largest absolute Gasteiger partial charge is 0.301 e. The normalized spacial score (nSPS) is 14.7. The van der Waals surface area contributed by atoms with Gasteiger partial charge < -0.3 is 5.32 Å². The van der Waals surface area contributed by atoms with E-state index in [0.29, 0.717) is 5.56 Å². The number of benzene rings is 1. The molecule has 0 fully saturated rings. The number of thiazole rings is 1. The van der Waals surface area contributed by atoms with Crippen LogP contribution >= 0.6 is 11.3 Å². The van der Waals surface area contributed by atoms with E-state index in [2.05, 4.69) is 17.2 Å². The molecule has 1 aromatic carbocycles. The first-order valence-corrected chi connectivity index (χ1v) is 9.75. The Morgan fingerprint density at radius 1 is 1.41 bits per heavy atom. The zero-order valence-corrected chi connectivity index (χ0v) is 14.3. The van der Waals surface area contributed by atoms with Crippen molar-refractivity contribution in [2.24, 2.45) is 0 Å². The minimum Gasteiger partial charge on any atom is -0.301 e. The van der Waals surface area contributed by atoms with E-state index in [9.17, 15) is 12.8 Å². The van der Waals surface area contributed by atoms with Gasteiger partial charge in [0.2, 0.25) is 0 Å². The summed E-state index contributed by atoms with van der Waals surface area (Å²) in [6.07, 6.45) is 3.62. The van der Waals surface area contributed by atoms with Crippen LogP contribution in [0.5, 0.6) is 0 Å². The SMILES string of the molecule is CC[C@@H](N[C@@H](C)c1ccc(S(C)(=O)=O)c(F)c1)c1nccs1. The molecular weight excluding hydrogens is 323 g/mol. The van der Waals surface area contributed by atoms with E-state index in [1.807, 2.05) is 12.3 Å². The summed E-state index contributed by atoms with van der Waals surface area (Å²) in [4.78, 5) is 4.03. The molecule has 0 amide bonds. The lowest BCUT2D eigenvalue weighted by Gasteiger charge is -2.21. The smallest absolute Gasteiger partial charge is 0.178 e. The summed E-state index contributed by atoms with van der Waals surface area (Å²) in [7, 11) is -3.54. The van der Waals surface area contributed by atoms with Gasteiger partial charge >= 0.3 is 0 Å². The molecule has 0 spiro atoms. The molecule has 2 rings (SSSR count). The molecule has 22 heavy (non-hydrogen) atoms. The van der Waals surface area contributed by atoms with E-state index in [1.54, 1.807) is 23.6 Å². The third-order valence-corrected chi connectivity index (χ3v) is 5.48. The molecule has 0 aliphatic carbocycles. The topological polar surface area (TPSA) is 59.1 Å². The van der Waals surface area contributed by atoms with Gasteiger partial charge in [0.1, 0.15) is 15.7 Å². The van der Waals surface area contributed by atoms with Gasteiger partial charge in [0.15, 0.2) is 9.84 Å². The Bertz CT molecular complexity index is 730. The summed E-state index contributed by atoms with van der Waals surface area (Å²) < 4.78 is 36.9. The highest BCUT2D eigenvalue weighted by molar-refractivity contribution is 7.90. The molecule has 1 aromatic heterocycles. The van der Waals surface area contributed by atoms with E-state index in [0.717, 1.165) is 17.7 Å². The number of aromatic nitrogens is 1. The summed E-state index contributed by atoms with van der Waals surface area (Å²) in [5.41, 5.74) is 0.708. The number of halogens is 1. The summed E-state index contributed by atoms with van der Waals surface area (Å²) in [5, 5.41) is 6.31. The lowest BCUT2D eigenvalue weighted by molar-refractivity contribution is 0.452. The third-order valence-electron chi connectivity index (χ3n) is 3.46. The summed E-state index contributed by atoms with van der Waals surface area (Å²) in [6, 6.07) is 4.22. The van der Waals surface area contributed by atoms with Crippen molar-refractivity contribution in [2.45, 2.75) is 37.2 Å². The monoisotopic (exact) mass is 342 g/mol. The quantitative estimate of drug-likeness (QED) is 0.873. The Labute approximate surface area is 134 Å². The van der Waals surface area contributed by atoms with Gasteiger partial charge in [-0.2, -0.15) is 0 Å². The summed E-state index contributed by atoms with van der Waals surface area (Å²) >= 11 is 1.57. The fraction of sp³-hybridized carbons (Fsp3) is 0.400. The van der Waals surface area contributed by atoms with Crippen LogP contribution in [0.3, 0.4) is 0 Å². The highest BCUT2D eigenvalue weighted by Gasteiger charge is 2.19. The van der Waals surface area contributed by atoms with Crippen LogP contribution in [0.15, 0.2) is 34.7 Å². The van der Waals surface area contributed by atoms with Gasteiger partial charge in [-0.25, -0.2) is 17.8 Å². The molecule has 0 saturated carbocycles. The van der Waals surface area contributed by atoms with Crippen LogP contribution < -0.4 is 5.32 Å². The minimum atomic E-state index is -3.54. The number of nitrogens with zero attached hydrogens (tertiary/aromatic N) is 1. The van der Waals surface area contributed by atoms with Crippen LogP contribution in [0, 0.1) is 5.82 Å². The van der Waals surface area contributed by atoms with E-state index in [1.165, 1.54) is 12.1 Å². The van der Waals surface area contributed by atoms with Crippen LogP contribution in [-0.2, 0) is 9.84 Å². The van der Waals surface area contributed by atoms with Crippen LogP contribution in [0.1, 0.15) is 42.9 Å². The number of rotatable bonds is 6. The van der Waals surface area contributed by atoms with Gasteiger partial charge in [0.05, 0.1) is 6.04 Å². The lowest BCUT2D eigenvalue weighted by Crippen LogP contribution is -2.24. The third kappa shape index (κ3) is 3.91. The lowest BCUT2D eigenvalue weighted by atomic mass is 10.1. The number of sulfone groups is 1. The van der Waals surface area contributed by atoms with Gasteiger partial charge in [-0.05, 0) is 31.0 Å². The van der Waals surface area contributed by atoms with Gasteiger partial charge in [-0.15, -0.1) is 11.3 Å². The maximum Gasteiger partial charge on any atom is 0.178 e. The molecule has 0 aliphatic rings. The van der Waals surface area contributed by atoms with Gasteiger partial charge in [-0.1, -0.05) is 13.0 Å². The zero-order valence-electron chi connectivity index (χ0n) is 12.7. The van der Waals surface area contributed by atoms with Gasteiger partial charge in [-0.3, -0.25) is 0 Å². The van der Waals surface area contributed by atoms with Crippen molar-refractivity contribution in [2.75, 3.05) is 6.26 Å². The average molecular weight is 342 g/mol. The molecule has 0 bridgehead atoms. The van der Waals surface area contributed by atoms with E-state index in [-0.39, 0.29) is 17.0 Å². The van der Waals surface area contributed by atoms with Crippen molar-refractivity contribution < 1.29 is 12.8 Å². The Balaban J connectivity index is 2.19. The highest BCUT2D eigenvalue weighted by atomic mass is 32.2. The first-order valence-electron chi connectivity index (χ1n) is 6.98. The maximum absolute atomic E-state index is 14.0. The number of nitrogens with one attached hydrogen (secondary N) is 1. The van der Waals surface area contributed by atoms with Crippen LogP contribution in [0.2, 0.25) is 0 Å². The molecular formula is C15H19FN2O2S2. The number of hydrogen-bond donors (Lipinski definition) is 1. The van der Waals surface area contributed by atoms with Crippen LogP contribution in [0.4, 0.5) is 4.39 Å². The van der Waals surface area contributed by atoms with Crippen molar-refractivity contribution in [1.82, 2.24) is 10.3 Å². The van der Waals surface area contributed by atoms with Crippen molar-refractivity contribution in [3.8, 4) is 0 Å². The van der Waals surface area contributed by atoms with Crippen molar-refractivity contribution in [3.05, 3.63) is 46.2 Å². The van der Waals surface area contributed by atoms with E-state index in [4.69, 9.17) is 0 Å². The second kappa shape index (κ2) is 6.85. The summed E-state index contributed by atoms with van der Waals surface area (Å²) in [6.45, 7) is 3.98. The molecule has 4 nitrogen and oxygen atoms in total. The van der Waals surface area contributed by atoms with Crippen molar-refractivity contribution in [1.29, 1.82) is 0 Å². The molecule has 2 aromatic rings. The molecule has 0 saturated heterocycles. The maximum atomic E-state index is 14.0. The van der Waals surface area contributed by atoms with Crippen LogP contribution in [0.25, 0.3) is 0 Å². The Kier molecular flexibility index (Phi) is 5.31.